The van der Waals surface area contributed by atoms with Gasteiger partial charge >= 0.3 is 0 Å². The first kappa shape index (κ1) is 10.1. The maximum absolute atomic E-state index is 6.27. The second kappa shape index (κ2) is 3.38. The van der Waals surface area contributed by atoms with Crippen molar-refractivity contribution in [3.63, 3.8) is 0 Å². The van der Waals surface area contributed by atoms with Gasteiger partial charge in [0.15, 0.2) is 0 Å². The Morgan fingerprint density at radius 3 is 2.55 bits per heavy atom. The number of piperidine rings is 1. The van der Waals surface area contributed by atoms with E-state index >= 15 is 0 Å². The molecule has 4 unspecified atom stereocenters. The molecule has 0 saturated carbocycles. The molecule has 3 heteroatoms. The summed E-state index contributed by atoms with van der Waals surface area (Å²) in [6.07, 6.45) is 0. The molecule has 1 aliphatic rings. The van der Waals surface area contributed by atoms with Crippen LogP contribution in [0.1, 0.15) is 20.8 Å². The summed E-state index contributed by atoms with van der Waals surface area (Å²) in [5, 5.41) is 3.35. The zero-order chi connectivity index (χ0) is 8.65. The molecule has 1 saturated heterocycles. The highest BCUT2D eigenvalue weighted by atomic mass is 127. The minimum atomic E-state index is -0.196. The van der Waals surface area contributed by atoms with Crippen LogP contribution in [0.4, 0.5) is 0 Å². The van der Waals surface area contributed by atoms with Gasteiger partial charge in [0.2, 0.25) is 0 Å². The highest BCUT2D eigenvalue weighted by Gasteiger charge is 2.39. The van der Waals surface area contributed by atoms with Gasteiger partial charge in [-0.25, -0.2) is 0 Å². The topological polar surface area (TPSA) is 12.0 Å². The average molecular weight is 288 g/mol. The van der Waals surface area contributed by atoms with E-state index in [-0.39, 0.29) is 5.00 Å². The van der Waals surface area contributed by atoms with Crippen molar-refractivity contribution in [2.45, 2.75) is 29.7 Å². The molecule has 0 aromatic rings. The number of hydrogen-bond acceptors (Lipinski definition) is 1. The van der Waals surface area contributed by atoms with E-state index in [0.717, 1.165) is 12.5 Å². The Morgan fingerprint density at radius 2 is 2.09 bits per heavy atom. The van der Waals surface area contributed by atoms with E-state index in [2.05, 4.69) is 48.7 Å². The molecule has 11 heavy (non-hydrogen) atoms. The summed E-state index contributed by atoms with van der Waals surface area (Å²) in [5.74, 6) is 1.27. The van der Waals surface area contributed by atoms with Crippen LogP contribution in [-0.4, -0.2) is 15.5 Å². The van der Waals surface area contributed by atoms with Gasteiger partial charge in [0, 0.05) is 16.4 Å². The first-order valence-electron chi connectivity index (χ1n) is 4.03. The van der Waals surface area contributed by atoms with Gasteiger partial charge in [-0.3, -0.25) is 5.32 Å². The van der Waals surface area contributed by atoms with Crippen molar-refractivity contribution < 1.29 is 0 Å². The van der Waals surface area contributed by atoms with Crippen LogP contribution in [0.5, 0.6) is 0 Å². The van der Waals surface area contributed by atoms with Crippen LogP contribution in [0.25, 0.3) is 0 Å². The molecule has 1 rings (SSSR count). The number of alkyl halides is 2. The van der Waals surface area contributed by atoms with Crippen LogP contribution in [0.3, 0.4) is 0 Å². The average Bonchev–Trinajstić information content (AvgIpc) is 1.95. The molecule has 1 heterocycles. The maximum Gasteiger partial charge on any atom is 0.0943 e. The van der Waals surface area contributed by atoms with Gasteiger partial charge in [0.25, 0.3) is 0 Å². The summed E-state index contributed by atoms with van der Waals surface area (Å²) in [6, 6.07) is 0. The second-order valence-electron chi connectivity index (χ2n) is 3.67. The summed E-state index contributed by atoms with van der Waals surface area (Å²) in [7, 11) is 0. The lowest BCUT2D eigenvalue weighted by molar-refractivity contribution is 0.245. The summed E-state index contributed by atoms with van der Waals surface area (Å²) in [5.41, 5.74) is 0. The Morgan fingerprint density at radius 1 is 1.55 bits per heavy atom. The van der Waals surface area contributed by atoms with Crippen LogP contribution in [0, 0.1) is 11.8 Å². The third kappa shape index (κ3) is 2.01. The smallest absolute Gasteiger partial charge is 0.0943 e. The van der Waals surface area contributed by atoms with E-state index in [4.69, 9.17) is 11.6 Å². The number of halogens is 2. The summed E-state index contributed by atoms with van der Waals surface area (Å²) < 4.78 is 0.691. The lowest BCUT2D eigenvalue weighted by Crippen LogP contribution is -2.54. The highest BCUT2D eigenvalue weighted by Crippen LogP contribution is 2.36. The van der Waals surface area contributed by atoms with Crippen LogP contribution in [-0.2, 0) is 0 Å². The van der Waals surface area contributed by atoms with Crippen molar-refractivity contribution in [1.29, 1.82) is 0 Å². The van der Waals surface area contributed by atoms with Gasteiger partial charge in [-0.1, -0.05) is 36.4 Å². The molecular formula is C8H15ClIN. The van der Waals surface area contributed by atoms with Crippen LogP contribution >= 0.6 is 34.2 Å². The minimum absolute atomic E-state index is 0.196. The molecule has 0 radical (unpaired) electrons. The number of hydrogen-bond donors (Lipinski definition) is 1. The van der Waals surface area contributed by atoms with E-state index < -0.39 is 0 Å². The molecule has 0 aromatic carbocycles. The third-order valence-corrected chi connectivity index (χ3v) is 5.43. The van der Waals surface area contributed by atoms with Crippen LogP contribution < -0.4 is 5.32 Å². The monoisotopic (exact) mass is 287 g/mol. The molecule has 0 aromatic heterocycles. The van der Waals surface area contributed by atoms with E-state index in [1.807, 2.05) is 0 Å². The predicted octanol–water partition coefficient (Wildman–Crippen LogP) is 2.62. The molecule has 1 fully saturated rings. The quantitative estimate of drug-likeness (QED) is 0.410. The Labute approximate surface area is 87.4 Å². The summed E-state index contributed by atoms with van der Waals surface area (Å²) >= 11 is 8.78. The lowest BCUT2D eigenvalue weighted by Gasteiger charge is -2.42. The number of nitrogens with one attached hydrogen (secondary N) is 1. The Kier molecular flexibility index (Phi) is 3.09. The molecule has 4 atom stereocenters. The first-order chi connectivity index (χ1) is 4.95. The van der Waals surface area contributed by atoms with Crippen LogP contribution in [0.15, 0.2) is 0 Å². The zero-order valence-corrected chi connectivity index (χ0v) is 10.1. The van der Waals surface area contributed by atoms with Crippen molar-refractivity contribution >= 4 is 34.2 Å². The fourth-order valence-corrected chi connectivity index (χ4v) is 2.82. The normalized spacial score (nSPS) is 52.6. The lowest BCUT2D eigenvalue weighted by atomic mass is 9.87. The minimum Gasteiger partial charge on any atom is -0.298 e. The van der Waals surface area contributed by atoms with Gasteiger partial charge in [-0.05, 0) is 12.8 Å². The summed E-state index contributed by atoms with van der Waals surface area (Å²) in [4.78, 5) is -0.196. The second-order valence-corrected chi connectivity index (χ2v) is 5.89. The third-order valence-electron chi connectivity index (χ3n) is 2.65. The predicted molar refractivity (Wildman–Crippen MR) is 58.4 cm³/mol. The fraction of sp³-hybridized carbons (Fsp3) is 1.00. The Bertz CT molecular complexity index is 149. The van der Waals surface area contributed by atoms with E-state index in [1.54, 1.807) is 0 Å². The summed E-state index contributed by atoms with van der Waals surface area (Å²) in [6.45, 7) is 7.59. The molecule has 1 N–H and O–H groups in total. The van der Waals surface area contributed by atoms with Crippen molar-refractivity contribution in [3.05, 3.63) is 0 Å². The molecular weight excluding hydrogens is 272 g/mol. The van der Waals surface area contributed by atoms with Gasteiger partial charge in [-0.2, -0.15) is 0 Å². The molecule has 0 amide bonds. The van der Waals surface area contributed by atoms with Crippen LogP contribution in [0.2, 0.25) is 0 Å². The SMILES string of the molecule is CC1CNC(C)(Cl)C(C)C1I. The Hall–Kier alpha value is 0.980. The van der Waals surface area contributed by atoms with Gasteiger partial charge in [-0.15, -0.1) is 11.6 Å². The Balaban J connectivity index is 2.67. The van der Waals surface area contributed by atoms with E-state index in [9.17, 15) is 0 Å². The standard InChI is InChI=1S/C8H15ClIN/c1-5-4-11-8(3,9)6(2)7(5)10/h5-7,11H,4H2,1-3H3. The molecule has 0 aliphatic carbocycles. The van der Waals surface area contributed by atoms with E-state index in [1.165, 1.54) is 0 Å². The van der Waals surface area contributed by atoms with Crippen molar-refractivity contribution in [2.24, 2.45) is 11.8 Å². The highest BCUT2D eigenvalue weighted by molar-refractivity contribution is 14.1. The molecule has 0 spiro atoms. The number of rotatable bonds is 0. The van der Waals surface area contributed by atoms with E-state index in [0.29, 0.717) is 9.84 Å². The molecule has 66 valence electrons. The van der Waals surface area contributed by atoms with Gasteiger partial charge in [0.05, 0.1) is 5.00 Å². The van der Waals surface area contributed by atoms with Crippen molar-refractivity contribution in [1.82, 2.24) is 5.32 Å². The first-order valence-corrected chi connectivity index (χ1v) is 5.65. The molecule has 1 nitrogen and oxygen atoms in total. The molecule has 0 bridgehead atoms. The fourth-order valence-electron chi connectivity index (χ4n) is 1.43. The van der Waals surface area contributed by atoms with Crippen molar-refractivity contribution in [3.8, 4) is 0 Å². The molecule has 1 aliphatic heterocycles. The zero-order valence-electron chi connectivity index (χ0n) is 7.20. The maximum atomic E-state index is 6.27. The van der Waals surface area contributed by atoms with Gasteiger partial charge < -0.3 is 0 Å². The van der Waals surface area contributed by atoms with Crippen molar-refractivity contribution in [2.75, 3.05) is 6.54 Å². The van der Waals surface area contributed by atoms with Gasteiger partial charge in [0.1, 0.15) is 0 Å². The largest absolute Gasteiger partial charge is 0.298 e.